The number of H-pyrrole nitrogens is 1. The minimum atomic E-state index is -0.258. The van der Waals surface area contributed by atoms with Gasteiger partial charge >= 0.3 is 0 Å². The summed E-state index contributed by atoms with van der Waals surface area (Å²) in [5.74, 6) is 1.16. The highest BCUT2D eigenvalue weighted by Crippen LogP contribution is 2.32. The molecular weight excluding hydrogens is 292 g/mol. The van der Waals surface area contributed by atoms with E-state index < -0.39 is 0 Å². The van der Waals surface area contributed by atoms with Crippen LogP contribution >= 0.6 is 0 Å². The van der Waals surface area contributed by atoms with Gasteiger partial charge in [0.25, 0.3) is 5.56 Å². The second kappa shape index (κ2) is 7.90. The molecular formula is C18H26N2O3. The Morgan fingerprint density at radius 3 is 2.70 bits per heavy atom. The molecule has 0 aliphatic rings. The topological polar surface area (TPSA) is 63.4 Å². The quantitative estimate of drug-likeness (QED) is 0.777. The average Bonchev–Trinajstić information content (AvgIpc) is 2.53. The lowest BCUT2D eigenvalue weighted by atomic mass is 10.1. The molecule has 23 heavy (non-hydrogen) atoms. The molecule has 0 aliphatic carbocycles. The summed E-state index contributed by atoms with van der Waals surface area (Å²) in [5.41, 5.74) is 1.44. The predicted octanol–water partition coefficient (Wildman–Crippen LogP) is 3.78. The number of aromatic amines is 1. The Bertz CT molecular complexity index is 709. The molecule has 1 aromatic heterocycles. The molecule has 1 aromatic carbocycles. The van der Waals surface area contributed by atoms with Crippen LogP contribution in [0.1, 0.15) is 33.6 Å². The zero-order chi connectivity index (χ0) is 16.8. The molecule has 0 amide bonds. The summed E-state index contributed by atoms with van der Waals surface area (Å²) in [7, 11) is 1.56. The Labute approximate surface area is 137 Å². The van der Waals surface area contributed by atoms with Gasteiger partial charge in [-0.2, -0.15) is 0 Å². The average molecular weight is 318 g/mol. The molecule has 0 radical (unpaired) electrons. The lowest BCUT2D eigenvalue weighted by molar-refractivity contribution is 0.238. The molecule has 0 aliphatic heterocycles. The van der Waals surface area contributed by atoms with Crippen LogP contribution in [-0.4, -0.2) is 25.2 Å². The Morgan fingerprint density at radius 2 is 2.04 bits per heavy atom. The largest absolute Gasteiger partial charge is 0.492 e. The summed E-state index contributed by atoms with van der Waals surface area (Å²) < 4.78 is 11.2. The minimum Gasteiger partial charge on any atom is -0.492 e. The smallest absolute Gasteiger partial charge is 0.294 e. The van der Waals surface area contributed by atoms with E-state index in [9.17, 15) is 4.79 Å². The highest BCUT2D eigenvalue weighted by atomic mass is 16.5. The zero-order valence-electron chi connectivity index (χ0n) is 14.4. The summed E-state index contributed by atoms with van der Waals surface area (Å²) in [5, 5.41) is 4.07. The molecule has 0 saturated carbocycles. The number of hydrogen-bond donors (Lipinski definition) is 2. The van der Waals surface area contributed by atoms with E-state index in [1.54, 1.807) is 7.11 Å². The normalized spacial score (nSPS) is 12.2. The van der Waals surface area contributed by atoms with E-state index >= 15 is 0 Å². The number of pyridine rings is 1. The van der Waals surface area contributed by atoms with Crippen LogP contribution in [0.2, 0.25) is 0 Å². The van der Waals surface area contributed by atoms with Crippen LogP contribution in [0.15, 0.2) is 23.0 Å². The van der Waals surface area contributed by atoms with Crippen molar-refractivity contribution in [1.82, 2.24) is 4.98 Å². The minimum absolute atomic E-state index is 0.258. The summed E-state index contributed by atoms with van der Waals surface area (Å²) in [6, 6.07) is 5.81. The van der Waals surface area contributed by atoms with Crippen molar-refractivity contribution < 1.29 is 9.47 Å². The number of fused-ring (bicyclic) bond motifs is 1. The van der Waals surface area contributed by atoms with Crippen LogP contribution in [0.4, 0.5) is 5.69 Å². The van der Waals surface area contributed by atoms with Crippen molar-refractivity contribution in [2.24, 2.45) is 5.92 Å². The fraction of sp³-hybridized carbons (Fsp3) is 0.500. The van der Waals surface area contributed by atoms with E-state index in [1.807, 2.05) is 25.1 Å². The van der Waals surface area contributed by atoms with E-state index in [2.05, 4.69) is 24.1 Å². The van der Waals surface area contributed by atoms with Gasteiger partial charge in [0, 0.05) is 17.6 Å². The monoisotopic (exact) mass is 318 g/mol. The van der Waals surface area contributed by atoms with Crippen molar-refractivity contribution in [3.63, 3.8) is 0 Å². The molecule has 126 valence electrons. The van der Waals surface area contributed by atoms with Crippen LogP contribution in [-0.2, 0) is 0 Å². The molecule has 0 bridgehead atoms. The molecule has 0 saturated heterocycles. The number of benzene rings is 1. The second-order valence-electron chi connectivity index (χ2n) is 5.81. The molecule has 2 N–H and O–H groups in total. The first-order valence-electron chi connectivity index (χ1n) is 8.21. The standard InChI is InChI=1S/C18H26N2O3/c1-5-7-12(3)11-23-17-16(22-4)14-9-8-13(19-6-2)10-15(14)20-18(17)21/h8-10,12,19H,5-7,11H2,1-4H3,(H,20,21). The van der Waals surface area contributed by atoms with Gasteiger partial charge in [0.15, 0.2) is 5.75 Å². The van der Waals surface area contributed by atoms with Gasteiger partial charge in [-0.15, -0.1) is 0 Å². The van der Waals surface area contributed by atoms with E-state index in [0.717, 1.165) is 36.0 Å². The summed E-state index contributed by atoms with van der Waals surface area (Å²) >= 11 is 0. The number of aromatic nitrogens is 1. The van der Waals surface area contributed by atoms with Gasteiger partial charge in [0.05, 0.1) is 19.2 Å². The fourth-order valence-corrected chi connectivity index (χ4v) is 2.70. The SMILES string of the molecule is CCCC(C)COc1c(OC)c2ccc(NCC)cc2[nH]c1=O. The van der Waals surface area contributed by atoms with Crippen molar-refractivity contribution in [3.8, 4) is 11.5 Å². The van der Waals surface area contributed by atoms with Crippen LogP contribution in [0.3, 0.4) is 0 Å². The van der Waals surface area contributed by atoms with Crippen LogP contribution in [0.25, 0.3) is 10.9 Å². The van der Waals surface area contributed by atoms with Gasteiger partial charge in [0.1, 0.15) is 0 Å². The van der Waals surface area contributed by atoms with Gasteiger partial charge in [-0.3, -0.25) is 4.79 Å². The molecule has 2 rings (SSSR count). The highest BCUT2D eigenvalue weighted by Gasteiger charge is 2.16. The summed E-state index contributed by atoms with van der Waals surface area (Å²) in [6.07, 6.45) is 2.17. The first-order valence-corrected chi connectivity index (χ1v) is 8.21. The number of anilines is 1. The molecule has 5 nitrogen and oxygen atoms in total. The summed E-state index contributed by atoms with van der Waals surface area (Å²) in [4.78, 5) is 15.3. The van der Waals surface area contributed by atoms with Gasteiger partial charge in [-0.25, -0.2) is 0 Å². The maximum Gasteiger partial charge on any atom is 0.294 e. The Kier molecular flexibility index (Phi) is 5.90. The third-order valence-electron chi connectivity index (χ3n) is 3.80. The van der Waals surface area contributed by atoms with Crippen molar-refractivity contribution in [2.45, 2.75) is 33.6 Å². The Hall–Kier alpha value is -2.17. The number of methoxy groups -OCH3 is 1. The molecule has 2 aromatic rings. The Balaban J connectivity index is 2.39. The van der Waals surface area contributed by atoms with Gasteiger partial charge in [-0.1, -0.05) is 20.3 Å². The predicted molar refractivity (Wildman–Crippen MR) is 94.9 cm³/mol. The molecule has 0 fully saturated rings. The third kappa shape index (κ3) is 3.97. The second-order valence-corrected chi connectivity index (χ2v) is 5.81. The number of nitrogens with one attached hydrogen (secondary N) is 2. The lowest BCUT2D eigenvalue weighted by Gasteiger charge is -2.15. The molecule has 0 spiro atoms. The molecule has 1 atom stereocenters. The summed E-state index contributed by atoms with van der Waals surface area (Å²) in [6.45, 7) is 7.62. The number of hydrogen-bond acceptors (Lipinski definition) is 4. The number of rotatable bonds is 8. The van der Waals surface area contributed by atoms with E-state index in [1.165, 1.54) is 0 Å². The third-order valence-corrected chi connectivity index (χ3v) is 3.80. The molecule has 1 unspecified atom stereocenters. The van der Waals surface area contributed by atoms with E-state index in [-0.39, 0.29) is 11.3 Å². The fourth-order valence-electron chi connectivity index (χ4n) is 2.70. The lowest BCUT2D eigenvalue weighted by Crippen LogP contribution is -2.17. The Morgan fingerprint density at radius 1 is 1.26 bits per heavy atom. The maximum atomic E-state index is 12.4. The van der Waals surface area contributed by atoms with Gasteiger partial charge in [0.2, 0.25) is 5.75 Å². The maximum absolute atomic E-state index is 12.4. The van der Waals surface area contributed by atoms with E-state index in [0.29, 0.717) is 18.3 Å². The van der Waals surface area contributed by atoms with Crippen LogP contribution in [0, 0.1) is 5.92 Å². The van der Waals surface area contributed by atoms with Crippen molar-refractivity contribution in [2.75, 3.05) is 25.6 Å². The van der Waals surface area contributed by atoms with Crippen molar-refractivity contribution in [1.29, 1.82) is 0 Å². The molecule has 1 heterocycles. The van der Waals surface area contributed by atoms with E-state index in [4.69, 9.17) is 9.47 Å². The van der Waals surface area contributed by atoms with Gasteiger partial charge in [-0.05, 0) is 37.5 Å². The van der Waals surface area contributed by atoms with Crippen molar-refractivity contribution >= 4 is 16.6 Å². The van der Waals surface area contributed by atoms with Crippen LogP contribution in [0.5, 0.6) is 11.5 Å². The zero-order valence-corrected chi connectivity index (χ0v) is 14.4. The van der Waals surface area contributed by atoms with Gasteiger partial charge < -0.3 is 19.8 Å². The molecule has 5 heteroatoms. The highest BCUT2D eigenvalue weighted by molar-refractivity contribution is 5.89. The van der Waals surface area contributed by atoms with Crippen molar-refractivity contribution in [3.05, 3.63) is 28.6 Å². The first-order chi connectivity index (χ1) is 11.1. The number of ether oxygens (including phenoxy) is 2. The van der Waals surface area contributed by atoms with Crippen LogP contribution < -0.4 is 20.3 Å². The first kappa shape index (κ1) is 17.2.